The number of hydrogen-bond donors (Lipinski definition) is 3. The summed E-state index contributed by atoms with van der Waals surface area (Å²) in [4.78, 5) is 11.3. The lowest BCUT2D eigenvalue weighted by molar-refractivity contribution is -0.117. The molecule has 2 aromatic rings. The zero-order chi connectivity index (χ0) is 20.6. The first-order valence-corrected chi connectivity index (χ1v) is 10.5. The number of hydrogen-bond acceptors (Lipinski definition) is 6. The maximum atomic E-state index is 14.5. The average molecular weight is 449 g/mol. The van der Waals surface area contributed by atoms with Crippen LogP contribution in [0, 0.1) is 5.82 Å². The van der Waals surface area contributed by atoms with Gasteiger partial charge in [0.1, 0.15) is 5.75 Å². The molecule has 1 fully saturated rings. The van der Waals surface area contributed by atoms with E-state index >= 15 is 0 Å². The van der Waals surface area contributed by atoms with Gasteiger partial charge in [0, 0.05) is 24.2 Å². The van der Waals surface area contributed by atoms with Crippen molar-refractivity contribution in [1.29, 1.82) is 0 Å². The fraction of sp³-hybridized carbons (Fsp3) is 0.133. The molecule has 1 aliphatic heterocycles. The van der Waals surface area contributed by atoms with E-state index in [-0.39, 0.29) is 11.4 Å². The summed E-state index contributed by atoms with van der Waals surface area (Å²) in [6, 6.07) is 7.83. The van der Waals surface area contributed by atoms with Gasteiger partial charge in [0.25, 0.3) is 5.91 Å². The Hall–Kier alpha value is -2.41. The van der Waals surface area contributed by atoms with E-state index in [1.807, 2.05) is 0 Å². The van der Waals surface area contributed by atoms with Crippen LogP contribution in [-0.2, 0) is 26.6 Å². The van der Waals surface area contributed by atoms with Gasteiger partial charge in [-0.2, -0.15) is 12.7 Å². The van der Waals surface area contributed by atoms with Crippen LogP contribution in [0.4, 0.5) is 21.5 Å². The van der Waals surface area contributed by atoms with Crippen LogP contribution in [0.15, 0.2) is 36.4 Å². The number of nitrogens with one attached hydrogen (secondary N) is 2. The molecule has 9 nitrogen and oxygen atoms in total. The third kappa shape index (κ3) is 4.04. The molecule has 0 aliphatic carbocycles. The highest BCUT2D eigenvalue weighted by molar-refractivity contribution is 7.94. The van der Waals surface area contributed by atoms with Crippen LogP contribution in [0.25, 0.3) is 0 Å². The van der Waals surface area contributed by atoms with Crippen LogP contribution in [0.2, 0.25) is 5.02 Å². The van der Waals surface area contributed by atoms with Crippen molar-refractivity contribution in [3.8, 4) is 5.75 Å². The smallest absolute Gasteiger partial charge is 0.323 e. The Bertz CT molecular complexity index is 1020. The van der Waals surface area contributed by atoms with E-state index in [4.69, 9.17) is 11.6 Å². The standard InChI is InChI=1S/C15H14ClFN4O5S2/c1-20(11-4-2-3-9(16)5-11)28(25,26)19-10-6-12(17)15(13(22)7-10)21-8-14(23)18-27(21)24/h2-7,19,22H,8H2,1H3,(H,18,23). The minimum atomic E-state index is -4.16. The maximum Gasteiger partial charge on any atom is 0.323 e. The predicted molar refractivity (Wildman–Crippen MR) is 104 cm³/mol. The van der Waals surface area contributed by atoms with Gasteiger partial charge in [-0.05, 0) is 18.2 Å². The largest absolute Gasteiger partial charge is 0.568 e. The molecule has 0 aromatic heterocycles. The first-order valence-electron chi connectivity index (χ1n) is 7.62. The molecule has 150 valence electrons. The van der Waals surface area contributed by atoms with Gasteiger partial charge in [0.2, 0.25) is 0 Å². The van der Waals surface area contributed by atoms with E-state index in [2.05, 4.69) is 9.44 Å². The summed E-state index contributed by atoms with van der Waals surface area (Å²) >= 11 is 3.81. The number of anilines is 3. The monoisotopic (exact) mass is 448 g/mol. The van der Waals surface area contributed by atoms with Crippen molar-refractivity contribution in [2.24, 2.45) is 0 Å². The van der Waals surface area contributed by atoms with Gasteiger partial charge in [-0.3, -0.25) is 13.8 Å². The number of halogens is 2. The summed E-state index contributed by atoms with van der Waals surface area (Å²) in [6.45, 7) is -0.417. The highest BCUT2D eigenvalue weighted by Gasteiger charge is 2.37. The number of nitrogens with zero attached hydrogens (tertiary/aromatic N) is 2. The van der Waals surface area contributed by atoms with E-state index in [0.717, 1.165) is 20.7 Å². The normalized spacial score (nSPS) is 16.8. The first-order chi connectivity index (χ1) is 13.1. The third-order valence-corrected chi connectivity index (χ3v) is 6.54. The molecule has 1 amide bonds. The van der Waals surface area contributed by atoms with Gasteiger partial charge in [0.05, 0.1) is 11.4 Å². The Morgan fingerprint density at radius 1 is 1.39 bits per heavy atom. The van der Waals surface area contributed by atoms with E-state index in [1.54, 1.807) is 12.1 Å². The molecular weight excluding hydrogens is 435 g/mol. The summed E-state index contributed by atoms with van der Waals surface area (Å²) in [5, 5.41) is 10.4. The minimum Gasteiger partial charge on any atom is -0.568 e. The topological polar surface area (TPSA) is 125 Å². The number of rotatable bonds is 5. The van der Waals surface area contributed by atoms with E-state index in [9.17, 15) is 27.3 Å². The number of aromatic hydroxyl groups is 1. The van der Waals surface area contributed by atoms with E-state index in [1.165, 1.54) is 19.2 Å². The maximum absolute atomic E-state index is 14.5. The predicted octanol–water partition coefficient (Wildman–Crippen LogP) is 1.49. The lowest BCUT2D eigenvalue weighted by atomic mass is 10.2. The molecular formula is C15H14ClFN4O5S2. The van der Waals surface area contributed by atoms with Crippen molar-refractivity contribution < 1.29 is 27.3 Å². The number of carbonyl (C=O) groups is 1. The van der Waals surface area contributed by atoms with Crippen LogP contribution in [0.1, 0.15) is 0 Å². The second-order valence-electron chi connectivity index (χ2n) is 5.69. The molecule has 3 rings (SSSR count). The van der Waals surface area contributed by atoms with Gasteiger partial charge in [-0.15, -0.1) is 4.72 Å². The molecule has 1 saturated heterocycles. The number of phenols is 1. The van der Waals surface area contributed by atoms with Crippen LogP contribution < -0.4 is 18.1 Å². The van der Waals surface area contributed by atoms with Gasteiger partial charge >= 0.3 is 10.2 Å². The zero-order valence-corrected chi connectivity index (χ0v) is 16.6. The molecule has 28 heavy (non-hydrogen) atoms. The van der Waals surface area contributed by atoms with E-state index < -0.39 is 51.5 Å². The van der Waals surface area contributed by atoms with E-state index in [0.29, 0.717) is 5.02 Å². The Balaban J connectivity index is 1.87. The average Bonchev–Trinajstić information content (AvgIpc) is 2.91. The summed E-state index contributed by atoms with van der Waals surface area (Å²) in [5.41, 5.74) is -0.488. The Morgan fingerprint density at radius 2 is 2.11 bits per heavy atom. The number of phenolic OH excluding ortho intramolecular Hbond substituents is 1. The summed E-state index contributed by atoms with van der Waals surface area (Å²) in [7, 11) is -2.89. The summed E-state index contributed by atoms with van der Waals surface area (Å²) < 4.78 is 57.2. The lowest BCUT2D eigenvalue weighted by Crippen LogP contribution is -2.32. The Kier molecular flexibility index (Phi) is 5.48. The Labute approximate surface area is 168 Å². The molecule has 13 heteroatoms. The molecule has 0 bridgehead atoms. The van der Waals surface area contributed by atoms with Crippen LogP contribution in [0.3, 0.4) is 0 Å². The van der Waals surface area contributed by atoms with Crippen molar-refractivity contribution in [2.75, 3.05) is 26.9 Å². The van der Waals surface area contributed by atoms with Crippen molar-refractivity contribution in [2.45, 2.75) is 0 Å². The fourth-order valence-corrected chi connectivity index (χ4v) is 4.53. The van der Waals surface area contributed by atoms with Crippen molar-refractivity contribution in [1.82, 2.24) is 4.72 Å². The van der Waals surface area contributed by atoms with Crippen LogP contribution in [-0.4, -0.2) is 37.6 Å². The highest BCUT2D eigenvalue weighted by atomic mass is 35.5. The number of benzene rings is 2. The van der Waals surface area contributed by atoms with Crippen LogP contribution in [0.5, 0.6) is 5.75 Å². The second-order valence-corrected chi connectivity index (χ2v) is 8.97. The van der Waals surface area contributed by atoms with Gasteiger partial charge in [0.15, 0.2) is 29.6 Å². The van der Waals surface area contributed by atoms with Crippen molar-refractivity contribution in [3.63, 3.8) is 0 Å². The van der Waals surface area contributed by atoms with Crippen molar-refractivity contribution in [3.05, 3.63) is 47.2 Å². The summed E-state index contributed by atoms with van der Waals surface area (Å²) in [6.07, 6.45) is 0. The number of carbonyl (C=O) groups excluding carboxylic acids is 1. The fourth-order valence-electron chi connectivity index (χ4n) is 2.45. The molecule has 1 heterocycles. The second kappa shape index (κ2) is 7.54. The lowest BCUT2D eigenvalue weighted by Gasteiger charge is -2.22. The summed E-state index contributed by atoms with van der Waals surface area (Å²) in [5.74, 6) is -2.36. The number of amides is 1. The van der Waals surface area contributed by atoms with Gasteiger partial charge in [-0.25, -0.2) is 4.39 Å². The highest BCUT2D eigenvalue weighted by Crippen LogP contribution is 2.36. The van der Waals surface area contributed by atoms with Crippen LogP contribution >= 0.6 is 11.6 Å². The Morgan fingerprint density at radius 3 is 2.68 bits per heavy atom. The molecule has 1 atom stereocenters. The molecule has 0 saturated carbocycles. The minimum absolute atomic E-state index is 0.262. The molecule has 1 aliphatic rings. The molecule has 0 spiro atoms. The zero-order valence-electron chi connectivity index (χ0n) is 14.2. The van der Waals surface area contributed by atoms with Gasteiger partial charge < -0.3 is 9.66 Å². The van der Waals surface area contributed by atoms with Crippen molar-refractivity contribution >= 4 is 56.3 Å². The quantitative estimate of drug-likeness (QED) is 0.595. The SMILES string of the molecule is CN(c1cccc(Cl)c1)S(=O)(=O)Nc1cc(O)c(N2CC(=O)N[S+]2[O-])c(F)c1. The molecule has 0 radical (unpaired) electrons. The third-order valence-electron chi connectivity index (χ3n) is 3.76. The molecule has 1 unspecified atom stereocenters. The first kappa shape index (κ1) is 20.3. The molecule has 2 aromatic carbocycles. The molecule has 3 N–H and O–H groups in total. The van der Waals surface area contributed by atoms with Gasteiger partial charge in [-0.1, -0.05) is 17.7 Å².